The summed E-state index contributed by atoms with van der Waals surface area (Å²) in [5, 5.41) is 0. The van der Waals surface area contributed by atoms with Gasteiger partial charge in [-0.2, -0.15) is 0 Å². The molecule has 2 aromatic carbocycles. The van der Waals surface area contributed by atoms with Crippen molar-refractivity contribution >= 4 is 16.9 Å². The summed E-state index contributed by atoms with van der Waals surface area (Å²) in [6.45, 7) is 11.3. The normalized spacial score (nSPS) is 17.3. The Morgan fingerprint density at radius 3 is 2.55 bits per heavy atom. The summed E-state index contributed by atoms with van der Waals surface area (Å²) >= 11 is 0. The van der Waals surface area contributed by atoms with Crippen LogP contribution in [0.25, 0.3) is 16.7 Å². The molecule has 3 aromatic rings. The number of carbonyl (C=O) groups is 1. The Kier molecular flexibility index (Phi) is 5.41. The number of nitrogens with zero attached hydrogens (tertiary/aromatic N) is 4. The molecule has 0 aliphatic carbocycles. The van der Waals surface area contributed by atoms with Crippen LogP contribution in [0, 0.1) is 6.92 Å². The molecule has 152 valence electrons. The van der Waals surface area contributed by atoms with E-state index in [4.69, 9.17) is 0 Å². The Labute approximate surface area is 172 Å². The van der Waals surface area contributed by atoms with Crippen LogP contribution in [0.5, 0.6) is 0 Å². The molecular weight excluding hydrogens is 360 g/mol. The smallest absolute Gasteiger partial charge is 0.254 e. The molecule has 0 N–H and O–H groups in total. The van der Waals surface area contributed by atoms with E-state index in [1.807, 2.05) is 54.3 Å². The molecule has 1 fully saturated rings. The molecule has 1 atom stereocenters. The molecule has 5 heteroatoms. The lowest BCUT2D eigenvalue weighted by molar-refractivity contribution is 0.0690. The number of benzene rings is 2. The van der Waals surface area contributed by atoms with Gasteiger partial charge in [-0.25, -0.2) is 4.98 Å². The van der Waals surface area contributed by atoms with Crippen LogP contribution in [0.4, 0.5) is 0 Å². The summed E-state index contributed by atoms with van der Waals surface area (Å²) in [6, 6.07) is 16.9. The zero-order chi connectivity index (χ0) is 20.5. The maximum absolute atomic E-state index is 13.2. The molecule has 1 aliphatic rings. The first-order chi connectivity index (χ1) is 14.0. The van der Waals surface area contributed by atoms with Crippen LogP contribution in [0.1, 0.15) is 43.4 Å². The predicted octanol–water partition coefficient (Wildman–Crippen LogP) is 4.28. The van der Waals surface area contributed by atoms with Crippen molar-refractivity contribution in [3.05, 3.63) is 59.9 Å². The van der Waals surface area contributed by atoms with Crippen LogP contribution in [-0.2, 0) is 0 Å². The van der Waals surface area contributed by atoms with Crippen LogP contribution in [-0.4, -0.2) is 57.0 Å². The quantitative estimate of drug-likeness (QED) is 0.653. The second kappa shape index (κ2) is 7.99. The van der Waals surface area contributed by atoms with Crippen molar-refractivity contribution in [3.63, 3.8) is 0 Å². The van der Waals surface area contributed by atoms with Crippen LogP contribution in [0.15, 0.2) is 48.5 Å². The highest BCUT2D eigenvalue weighted by Gasteiger charge is 2.31. The fourth-order valence-electron chi connectivity index (χ4n) is 4.45. The number of fused-ring (bicyclic) bond motifs is 1. The lowest BCUT2D eigenvalue weighted by atomic mass is 10.1. The molecule has 4 rings (SSSR count). The monoisotopic (exact) mass is 390 g/mol. The van der Waals surface area contributed by atoms with E-state index in [1.54, 1.807) is 0 Å². The summed E-state index contributed by atoms with van der Waals surface area (Å²) in [6.07, 6.45) is 1.05. The first-order valence-corrected chi connectivity index (χ1v) is 10.6. The molecule has 0 bridgehead atoms. The molecule has 1 aliphatic heterocycles. The molecule has 0 unspecified atom stereocenters. The van der Waals surface area contributed by atoms with Gasteiger partial charge in [0, 0.05) is 43.0 Å². The fourth-order valence-corrected chi connectivity index (χ4v) is 4.45. The Morgan fingerprint density at radius 2 is 1.90 bits per heavy atom. The largest absolute Gasteiger partial charge is 0.335 e. The Morgan fingerprint density at radius 1 is 1.17 bits per heavy atom. The summed E-state index contributed by atoms with van der Waals surface area (Å²) in [5.41, 5.74) is 3.85. The van der Waals surface area contributed by atoms with E-state index < -0.39 is 0 Å². The van der Waals surface area contributed by atoms with Gasteiger partial charge in [0.15, 0.2) is 0 Å². The third-order valence-electron chi connectivity index (χ3n) is 6.07. The number of likely N-dealkylation sites (tertiary alicyclic amines) is 1. The zero-order valence-electron chi connectivity index (χ0n) is 17.8. The second-order valence-electron chi connectivity index (χ2n) is 8.15. The van der Waals surface area contributed by atoms with E-state index in [1.165, 1.54) is 0 Å². The first-order valence-electron chi connectivity index (χ1n) is 10.6. The van der Waals surface area contributed by atoms with Crippen molar-refractivity contribution in [1.82, 2.24) is 19.4 Å². The predicted molar refractivity (Wildman–Crippen MR) is 118 cm³/mol. The number of hydrogen-bond donors (Lipinski definition) is 0. The van der Waals surface area contributed by atoms with E-state index >= 15 is 0 Å². The van der Waals surface area contributed by atoms with Gasteiger partial charge in [-0.15, -0.1) is 0 Å². The van der Waals surface area contributed by atoms with E-state index in [2.05, 4.69) is 41.3 Å². The van der Waals surface area contributed by atoms with Crippen molar-refractivity contribution in [1.29, 1.82) is 0 Å². The number of carbonyl (C=O) groups excluding carboxylic acids is 1. The maximum atomic E-state index is 13.2. The van der Waals surface area contributed by atoms with Crippen LogP contribution in [0.2, 0.25) is 0 Å². The SMILES string of the molecule is CCN(C(=O)c1ccc(-n2c(C)nc3ccccc32)cc1)[C@@H]1CCN(C(C)C)C1. The van der Waals surface area contributed by atoms with Gasteiger partial charge in [-0.3, -0.25) is 14.3 Å². The topological polar surface area (TPSA) is 41.4 Å². The highest BCUT2D eigenvalue weighted by molar-refractivity contribution is 5.94. The molecule has 5 nitrogen and oxygen atoms in total. The minimum absolute atomic E-state index is 0.127. The Balaban J connectivity index is 1.57. The van der Waals surface area contributed by atoms with Gasteiger partial charge in [0.25, 0.3) is 5.91 Å². The molecule has 1 aromatic heterocycles. The Bertz CT molecular complexity index is 1010. The third kappa shape index (κ3) is 3.67. The number of para-hydroxylation sites is 2. The average molecular weight is 391 g/mol. The summed E-state index contributed by atoms with van der Waals surface area (Å²) in [7, 11) is 0. The van der Waals surface area contributed by atoms with Crippen molar-refractivity contribution in [2.75, 3.05) is 19.6 Å². The minimum Gasteiger partial charge on any atom is -0.335 e. The fraction of sp³-hybridized carbons (Fsp3) is 0.417. The van der Waals surface area contributed by atoms with Gasteiger partial charge in [0.05, 0.1) is 11.0 Å². The molecule has 0 saturated carbocycles. The number of imidazole rings is 1. The lowest BCUT2D eigenvalue weighted by Crippen LogP contribution is -2.42. The van der Waals surface area contributed by atoms with Gasteiger partial charge >= 0.3 is 0 Å². The number of hydrogen-bond acceptors (Lipinski definition) is 3. The number of amides is 1. The van der Waals surface area contributed by atoms with Gasteiger partial charge < -0.3 is 4.90 Å². The summed E-state index contributed by atoms with van der Waals surface area (Å²) in [5.74, 6) is 1.07. The van der Waals surface area contributed by atoms with Gasteiger partial charge in [0.2, 0.25) is 0 Å². The third-order valence-corrected chi connectivity index (χ3v) is 6.07. The number of rotatable bonds is 5. The van der Waals surface area contributed by atoms with Crippen LogP contribution >= 0.6 is 0 Å². The standard InChI is InChI=1S/C24H30N4O/c1-5-27(21-14-15-26(16-21)17(2)3)24(29)19-10-12-20(13-11-19)28-18(4)25-22-8-6-7-9-23(22)28/h6-13,17,21H,5,14-16H2,1-4H3/t21-/m1/s1. The van der Waals surface area contributed by atoms with Gasteiger partial charge in [-0.05, 0) is 70.5 Å². The molecule has 0 spiro atoms. The van der Waals surface area contributed by atoms with Crippen molar-refractivity contribution in [2.24, 2.45) is 0 Å². The van der Waals surface area contributed by atoms with Gasteiger partial charge in [0.1, 0.15) is 5.82 Å². The van der Waals surface area contributed by atoms with Gasteiger partial charge in [-0.1, -0.05) is 12.1 Å². The maximum Gasteiger partial charge on any atom is 0.254 e. The van der Waals surface area contributed by atoms with E-state index in [9.17, 15) is 4.79 Å². The number of aryl methyl sites for hydroxylation is 1. The average Bonchev–Trinajstić information content (AvgIpc) is 3.33. The second-order valence-corrected chi connectivity index (χ2v) is 8.15. The van der Waals surface area contributed by atoms with Crippen LogP contribution in [0.3, 0.4) is 0 Å². The van der Waals surface area contributed by atoms with Crippen molar-refractivity contribution in [2.45, 2.75) is 46.2 Å². The minimum atomic E-state index is 0.127. The number of likely N-dealkylation sites (N-methyl/N-ethyl adjacent to an activating group) is 1. The molecule has 1 amide bonds. The molecular formula is C24H30N4O. The lowest BCUT2D eigenvalue weighted by Gasteiger charge is -2.29. The number of aromatic nitrogens is 2. The van der Waals surface area contributed by atoms with Crippen molar-refractivity contribution in [3.8, 4) is 5.69 Å². The molecule has 1 saturated heterocycles. The zero-order valence-corrected chi connectivity index (χ0v) is 17.8. The molecule has 0 radical (unpaired) electrons. The first kappa shape index (κ1) is 19.6. The molecule has 29 heavy (non-hydrogen) atoms. The Hall–Kier alpha value is -2.66. The molecule has 2 heterocycles. The van der Waals surface area contributed by atoms with Crippen LogP contribution < -0.4 is 0 Å². The van der Waals surface area contributed by atoms with E-state index in [0.29, 0.717) is 12.1 Å². The summed E-state index contributed by atoms with van der Waals surface area (Å²) in [4.78, 5) is 22.3. The summed E-state index contributed by atoms with van der Waals surface area (Å²) < 4.78 is 2.14. The highest BCUT2D eigenvalue weighted by Crippen LogP contribution is 2.23. The van der Waals surface area contributed by atoms with Crippen molar-refractivity contribution < 1.29 is 4.79 Å². The highest BCUT2D eigenvalue weighted by atomic mass is 16.2. The van der Waals surface area contributed by atoms with E-state index in [-0.39, 0.29) is 5.91 Å². The van der Waals surface area contributed by atoms with E-state index in [0.717, 1.165) is 54.2 Å².